The second-order valence-electron chi connectivity index (χ2n) is 4.51. The van der Waals surface area contributed by atoms with Crippen LogP contribution in [0, 0.1) is 0 Å². The molecule has 0 aromatic carbocycles. The zero-order valence-corrected chi connectivity index (χ0v) is 14.6. The Bertz CT molecular complexity index is 365. The van der Waals surface area contributed by atoms with Gasteiger partial charge in [0, 0.05) is 32.3 Å². The first-order chi connectivity index (χ1) is 10.9. The van der Waals surface area contributed by atoms with E-state index in [0.717, 1.165) is 31.5 Å². The van der Waals surface area contributed by atoms with E-state index in [1.54, 1.807) is 11.8 Å². The van der Waals surface area contributed by atoms with Crippen LogP contribution in [0.15, 0.2) is 38.0 Å². The average Bonchev–Trinajstić information content (AvgIpc) is 2.51. The number of nitrogens with one attached hydrogen (secondary N) is 1. The van der Waals surface area contributed by atoms with E-state index >= 15 is 0 Å². The third-order valence-corrected chi connectivity index (χ3v) is 3.32. The first kappa shape index (κ1) is 23.7. The standard InChI is InChI=1S/C13H24N2O2S.C3H4O2/c1-4-8-15(9-5-2)10-7-14-12(13(16)17)6-11-18-3;1-2-3(4)5/h4-5,12,14H,1-2,6-11H2,3H3,(H,16,17);2H,1H2,(H,4,5)/t12-;/m0./s1. The normalized spacial score (nSPS) is 11.0. The van der Waals surface area contributed by atoms with Crippen molar-refractivity contribution in [3.63, 3.8) is 0 Å². The van der Waals surface area contributed by atoms with Gasteiger partial charge in [0.25, 0.3) is 0 Å². The second-order valence-corrected chi connectivity index (χ2v) is 5.49. The molecule has 0 saturated heterocycles. The fraction of sp³-hybridized carbons (Fsp3) is 0.500. The Hall–Kier alpha value is -1.57. The zero-order valence-electron chi connectivity index (χ0n) is 13.7. The number of rotatable bonds is 13. The van der Waals surface area contributed by atoms with Crippen LogP contribution >= 0.6 is 11.8 Å². The molecule has 0 rings (SSSR count). The maximum absolute atomic E-state index is 11.0. The second kappa shape index (κ2) is 16.8. The Balaban J connectivity index is 0. The number of carboxylic acids is 2. The van der Waals surface area contributed by atoms with Crippen molar-refractivity contribution in [1.82, 2.24) is 10.2 Å². The van der Waals surface area contributed by atoms with Crippen molar-refractivity contribution in [2.45, 2.75) is 12.5 Å². The first-order valence-electron chi connectivity index (χ1n) is 7.17. The molecule has 6 nitrogen and oxygen atoms in total. The third-order valence-electron chi connectivity index (χ3n) is 2.68. The molecule has 0 radical (unpaired) electrons. The van der Waals surface area contributed by atoms with Gasteiger partial charge in [0.1, 0.15) is 6.04 Å². The molecule has 0 aliphatic carbocycles. The predicted molar refractivity (Wildman–Crippen MR) is 97.1 cm³/mol. The van der Waals surface area contributed by atoms with E-state index in [9.17, 15) is 9.59 Å². The highest BCUT2D eigenvalue weighted by Crippen LogP contribution is 2.01. The minimum absolute atomic E-state index is 0.452. The molecule has 0 unspecified atom stereocenters. The molecule has 0 aromatic heterocycles. The Labute approximate surface area is 142 Å². The molecule has 0 fully saturated rings. The summed E-state index contributed by atoms with van der Waals surface area (Å²) in [4.78, 5) is 22.4. The minimum Gasteiger partial charge on any atom is -0.480 e. The number of thioether (sulfide) groups is 1. The molecule has 1 atom stereocenters. The van der Waals surface area contributed by atoms with Gasteiger partial charge < -0.3 is 15.5 Å². The molecule has 0 heterocycles. The monoisotopic (exact) mass is 344 g/mol. The Morgan fingerprint density at radius 2 is 1.74 bits per heavy atom. The van der Waals surface area contributed by atoms with Gasteiger partial charge in [0.15, 0.2) is 0 Å². The predicted octanol–water partition coefficient (Wildman–Crippen LogP) is 1.71. The van der Waals surface area contributed by atoms with E-state index in [1.165, 1.54) is 0 Å². The fourth-order valence-corrected chi connectivity index (χ4v) is 2.04. The summed E-state index contributed by atoms with van der Waals surface area (Å²) in [6.45, 7) is 13.4. The van der Waals surface area contributed by atoms with Crippen LogP contribution in [0.4, 0.5) is 0 Å². The van der Waals surface area contributed by atoms with Crippen molar-refractivity contribution in [2.75, 3.05) is 38.2 Å². The smallest absolute Gasteiger partial charge is 0.327 e. The Morgan fingerprint density at radius 1 is 1.22 bits per heavy atom. The van der Waals surface area contributed by atoms with Gasteiger partial charge in [-0.05, 0) is 18.4 Å². The number of hydrogen-bond donors (Lipinski definition) is 3. The highest BCUT2D eigenvalue weighted by molar-refractivity contribution is 7.98. The fourth-order valence-electron chi connectivity index (χ4n) is 1.57. The molecular formula is C16H28N2O4S. The Morgan fingerprint density at radius 3 is 2.09 bits per heavy atom. The zero-order chi connectivity index (χ0) is 18.1. The van der Waals surface area contributed by atoms with Gasteiger partial charge in [-0.25, -0.2) is 4.79 Å². The van der Waals surface area contributed by atoms with Gasteiger partial charge in [-0.3, -0.25) is 9.69 Å². The van der Waals surface area contributed by atoms with Gasteiger partial charge in [0.05, 0.1) is 0 Å². The number of aliphatic carboxylic acids is 2. The SMILES string of the molecule is C=CC(=O)O.C=CCN(CC=C)CCN[C@@H](CCSC)C(=O)O. The summed E-state index contributed by atoms with van der Waals surface area (Å²) in [6.07, 6.45) is 7.14. The van der Waals surface area contributed by atoms with E-state index in [4.69, 9.17) is 10.2 Å². The topological polar surface area (TPSA) is 89.9 Å². The maximum atomic E-state index is 11.0. The number of hydrogen-bond acceptors (Lipinski definition) is 5. The van der Waals surface area contributed by atoms with Crippen LogP contribution in [0.3, 0.4) is 0 Å². The third kappa shape index (κ3) is 16.6. The van der Waals surface area contributed by atoms with Gasteiger partial charge in [-0.15, -0.1) is 13.2 Å². The van der Waals surface area contributed by atoms with Crippen LogP contribution in [0.1, 0.15) is 6.42 Å². The van der Waals surface area contributed by atoms with Crippen LogP contribution in [-0.2, 0) is 9.59 Å². The molecule has 23 heavy (non-hydrogen) atoms. The summed E-state index contributed by atoms with van der Waals surface area (Å²) in [5, 5.41) is 19.7. The van der Waals surface area contributed by atoms with Crippen molar-refractivity contribution in [3.05, 3.63) is 38.0 Å². The van der Waals surface area contributed by atoms with E-state index < -0.39 is 18.0 Å². The molecule has 3 N–H and O–H groups in total. The van der Waals surface area contributed by atoms with E-state index in [2.05, 4.69) is 30.0 Å². The molecule has 0 aromatic rings. The molecule has 0 aliphatic rings. The minimum atomic E-state index is -0.981. The summed E-state index contributed by atoms with van der Waals surface area (Å²) in [5.41, 5.74) is 0. The number of carbonyl (C=O) groups is 2. The number of carboxylic acid groups (broad SMARTS) is 2. The number of nitrogens with zero attached hydrogens (tertiary/aromatic N) is 1. The van der Waals surface area contributed by atoms with Crippen molar-refractivity contribution >= 4 is 23.7 Å². The summed E-state index contributed by atoms with van der Waals surface area (Å²) >= 11 is 1.66. The van der Waals surface area contributed by atoms with Crippen LogP contribution in [0.25, 0.3) is 0 Å². The molecular weight excluding hydrogens is 316 g/mol. The highest BCUT2D eigenvalue weighted by atomic mass is 32.2. The lowest BCUT2D eigenvalue weighted by Crippen LogP contribution is -2.41. The molecule has 0 amide bonds. The molecule has 0 bridgehead atoms. The van der Waals surface area contributed by atoms with Gasteiger partial charge in [-0.2, -0.15) is 11.8 Å². The van der Waals surface area contributed by atoms with Crippen LogP contribution < -0.4 is 5.32 Å². The molecule has 0 aliphatic heterocycles. The lowest BCUT2D eigenvalue weighted by molar-refractivity contribution is -0.139. The average molecular weight is 344 g/mol. The van der Waals surface area contributed by atoms with Crippen molar-refractivity contribution in [2.24, 2.45) is 0 Å². The summed E-state index contributed by atoms with van der Waals surface area (Å²) < 4.78 is 0. The van der Waals surface area contributed by atoms with Gasteiger partial charge >= 0.3 is 11.9 Å². The van der Waals surface area contributed by atoms with Crippen LogP contribution in [0.5, 0.6) is 0 Å². The molecule has 0 saturated carbocycles. The first-order valence-corrected chi connectivity index (χ1v) is 8.56. The lowest BCUT2D eigenvalue weighted by atomic mass is 10.2. The summed E-state index contributed by atoms with van der Waals surface area (Å²) in [6, 6.07) is -0.452. The largest absolute Gasteiger partial charge is 0.480 e. The maximum Gasteiger partial charge on any atom is 0.327 e. The molecule has 7 heteroatoms. The van der Waals surface area contributed by atoms with Crippen molar-refractivity contribution in [3.8, 4) is 0 Å². The van der Waals surface area contributed by atoms with E-state index in [-0.39, 0.29) is 0 Å². The van der Waals surface area contributed by atoms with E-state index in [0.29, 0.717) is 13.0 Å². The van der Waals surface area contributed by atoms with Crippen molar-refractivity contribution in [1.29, 1.82) is 0 Å². The molecule has 0 spiro atoms. The van der Waals surface area contributed by atoms with Gasteiger partial charge in [-0.1, -0.05) is 18.7 Å². The summed E-state index contributed by atoms with van der Waals surface area (Å²) in [7, 11) is 0. The van der Waals surface area contributed by atoms with Crippen LogP contribution in [0.2, 0.25) is 0 Å². The quantitative estimate of drug-likeness (QED) is 0.346. The lowest BCUT2D eigenvalue weighted by Gasteiger charge is -2.20. The van der Waals surface area contributed by atoms with E-state index in [1.807, 2.05) is 18.4 Å². The summed E-state index contributed by atoms with van der Waals surface area (Å²) in [5.74, 6) is -0.902. The molecule has 132 valence electrons. The Kier molecular flexibility index (Phi) is 17.3. The highest BCUT2D eigenvalue weighted by Gasteiger charge is 2.15. The van der Waals surface area contributed by atoms with Crippen molar-refractivity contribution < 1.29 is 19.8 Å². The van der Waals surface area contributed by atoms with Crippen LogP contribution in [-0.4, -0.2) is 71.3 Å². The van der Waals surface area contributed by atoms with Gasteiger partial charge in [0.2, 0.25) is 0 Å².